The first kappa shape index (κ1) is 12.1. The largest absolute Gasteiger partial charge is 0.330 e. The molecule has 1 aromatic carbocycles. The second kappa shape index (κ2) is 6.36. The Labute approximate surface area is 104 Å². The minimum Gasteiger partial charge on any atom is -0.330 e. The SMILES string of the molecule is NCCCn1nnnc1CSc1ccccc1. The molecule has 2 aromatic rings. The van der Waals surface area contributed by atoms with Crippen molar-refractivity contribution in [2.45, 2.75) is 23.6 Å². The van der Waals surface area contributed by atoms with E-state index in [9.17, 15) is 0 Å². The molecule has 6 heteroatoms. The fourth-order valence-corrected chi connectivity index (χ4v) is 2.26. The molecule has 0 aliphatic rings. The van der Waals surface area contributed by atoms with E-state index in [0.717, 1.165) is 24.5 Å². The molecular weight excluding hydrogens is 234 g/mol. The third-order valence-electron chi connectivity index (χ3n) is 2.29. The number of hydrogen-bond acceptors (Lipinski definition) is 5. The second-order valence-electron chi connectivity index (χ2n) is 3.56. The fourth-order valence-electron chi connectivity index (χ4n) is 1.41. The third-order valence-corrected chi connectivity index (χ3v) is 3.30. The molecule has 5 nitrogen and oxygen atoms in total. The topological polar surface area (TPSA) is 69.6 Å². The van der Waals surface area contributed by atoms with Crippen molar-refractivity contribution in [1.82, 2.24) is 20.2 Å². The Bertz CT molecular complexity index is 442. The quantitative estimate of drug-likeness (QED) is 0.782. The van der Waals surface area contributed by atoms with Crippen molar-refractivity contribution in [3.63, 3.8) is 0 Å². The summed E-state index contributed by atoms with van der Waals surface area (Å²) in [4.78, 5) is 1.22. The molecule has 0 saturated heterocycles. The molecule has 0 amide bonds. The Hall–Kier alpha value is -1.40. The summed E-state index contributed by atoms with van der Waals surface area (Å²) in [5.74, 6) is 1.68. The zero-order chi connectivity index (χ0) is 11.9. The summed E-state index contributed by atoms with van der Waals surface area (Å²) in [7, 11) is 0. The fraction of sp³-hybridized carbons (Fsp3) is 0.364. The normalized spacial score (nSPS) is 10.6. The maximum absolute atomic E-state index is 5.47. The standard InChI is InChI=1S/C11H15N5S/c12-7-4-8-16-11(13-14-15-16)9-17-10-5-2-1-3-6-10/h1-3,5-6H,4,7-9,12H2. The lowest BCUT2D eigenvalue weighted by Gasteiger charge is -2.03. The molecule has 90 valence electrons. The minimum atomic E-state index is 0.658. The van der Waals surface area contributed by atoms with Gasteiger partial charge in [-0.3, -0.25) is 0 Å². The Morgan fingerprint density at radius 2 is 2.06 bits per heavy atom. The lowest BCUT2D eigenvalue weighted by Crippen LogP contribution is -2.09. The van der Waals surface area contributed by atoms with Crippen LogP contribution in [-0.4, -0.2) is 26.8 Å². The van der Waals surface area contributed by atoms with Gasteiger partial charge in [0.25, 0.3) is 0 Å². The van der Waals surface area contributed by atoms with E-state index in [1.807, 2.05) is 22.9 Å². The van der Waals surface area contributed by atoms with Crippen molar-refractivity contribution in [3.05, 3.63) is 36.2 Å². The highest BCUT2D eigenvalue weighted by atomic mass is 32.2. The molecule has 0 fully saturated rings. The van der Waals surface area contributed by atoms with Crippen molar-refractivity contribution >= 4 is 11.8 Å². The van der Waals surface area contributed by atoms with Crippen LogP contribution in [-0.2, 0) is 12.3 Å². The predicted octanol–water partition coefficient (Wildman–Crippen LogP) is 1.31. The van der Waals surface area contributed by atoms with Gasteiger partial charge in [-0.25, -0.2) is 4.68 Å². The highest BCUT2D eigenvalue weighted by molar-refractivity contribution is 7.98. The van der Waals surface area contributed by atoms with Crippen LogP contribution in [0.3, 0.4) is 0 Å². The van der Waals surface area contributed by atoms with Crippen LogP contribution in [0, 0.1) is 0 Å². The van der Waals surface area contributed by atoms with Gasteiger partial charge in [0.1, 0.15) is 0 Å². The minimum absolute atomic E-state index is 0.658. The van der Waals surface area contributed by atoms with Gasteiger partial charge in [0.15, 0.2) is 5.82 Å². The van der Waals surface area contributed by atoms with Gasteiger partial charge < -0.3 is 5.73 Å². The zero-order valence-electron chi connectivity index (χ0n) is 9.49. The monoisotopic (exact) mass is 249 g/mol. The lowest BCUT2D eigenvalue weighted by atomic mass is 10.4. The first-order valence-corrected chi connectivity index (χ1v) is 6.51. The molecule has 1 heterocycles. The van der Waals surface area contributed by atoms with Crippen LogP contribution in [0.15, 0.2) is 35.2 Å². The molecule has 17 heavy (non-hydrogen) atoms. The van der Waals surface area contributed by atoms with E-state index in [1.54, 1.807) is 11.8 Å². The summed E-state index contributed by atoms with van der Waals surface area (Å²) >= 11 is 1.73. The molecular formula is C11H15N5S. The number of nitrogens with zero attached hydrogens (tertiary/aromatic N) is 4. The van der Waals surface area contributed by atoms with Crippen LogP contribution < -0.4 is 5.73 Å². The number of hydrogen-bond donors (Lipinski definition) is 1. The third kappa shape index (κ3) is 3.54. The van der Waals surface area contributed by atoms with E-state index in [1.165, 1.54) is 4.90 Å². The molecule has 0 atom stereocenters. The molecule has 2 rings (SSSR count). The molecule has 0 bridgehead atoms. The summed E-state index contributed by atoms with van der Waals surface area (Å²) in [6, 6.07) is 10.2. The first-order valence-electron chi connectivity index (χ1n) is 5.53. The van der Waals surface area contributed by atoms with Crippen LogP contribution in [0.5, 0.6) is 0 Å². The summed E-state index contributed by atoms with van der Waals surface area (Å²) in [6.45, 7) is 1.44. The molecule has 0 aliphatic heterocycles. The van der Waals surface area contributed by atoms with Crippen LogP contribution in [0.4, 0.5) is 0 Å². The van der Waals surface area contributed by atoms with Crippen LogP contribution in [0.25, 0.3) is 0 Å². The second-order valence-corrected chi connectivity index (χ2v) is 4.61. The summed E-state index contributed by atoms with van der Waals surface area (Å²) in [6.07, 6.45) is 0.897. The number of nitrogens with two attached hydrogens (primary N) is 1. The number of tetrazole rings is 1. The van der Waals surface area contributed by atoms with E-state index in [2.05, 4.69) is 27.7 Å². The first-order chi connectivity index (χ1) is 8.40. The molecule has 0 radical (unpaired) electrons. The van der Waals surface area contributed by atoms with Crippen LogP contribution in [0.2, 0.25) is 0 Å². The molecule has 1 aromatic heterocycles. The summed E-state index contributed by atoms with van der Waals surface area (Å²) < 4.78 is 1.82. The number of benzene rings is 1. The zero-order valence-corrected chi connectivity index (χ0v) is 10.3. The van der Waals surface area contributed by atoms with Crippen molar-refractivity contribution < 1.29 is 0 Å². The maximum Gasteiger partial charge on any atom is 0.161 e. The van der Waals surface area contributed by atoms with E-state index < -0.39 is 0 Å². The van der Waals surface area contributed by atoms with Gasteiger partial charge in [0, 0.05) is 11.4 Å². The number of aromatic nitrogens is 4. The van der Waals surface area contributed by atoms with Crippen molar-refractivity contribution in [2.24, 2.45) is 5.73 Å². The Morgan fingerprint density at radius 1 is 1.24 bits per heavy atom. The van der Waals surface area contributed by atoms with Gasteiger partial charge in [0.05, 0.1) is 5.75 Å². The number of aryl methyl sites for hydroxylation is 1. The summed E-state index contributed by atoms with van der Waals surface area (Å²) in [5.41, 5.74) is 5.47. The van der Waals surface area contributed by atoms with E-state index >= 15 is 0 Å². The lowest BCUT2D eigenvalue weighted by molar-refractivity contribution is 0.551. The molecule has 2 N–H and O–H groups in total. The van der Waals surface area contributed by atoms with E-state index in [0.29, 0.717) is 6.54 Å². The van der Waals surface area contributed by atoms with Gasteiger partial charge in [-0.15, -0.1) is 16.9 Å². The smallest absolute Gasteiger partial charge is 0.161 e. The number of thioether (sulfide) groups is 1. The Morgan fingerprint density at radius 3 is 2.82 bits per heavy atom. The van der Waals surface area contributed by atoms with Crippen LogP contribution in [0.1, 0.15) is 12.2 Å². The highest BCUT2D eigenvalue weighted by Gasteiger charge is 2.05. The van der Waals surface area contributed by atoms with Gasteiger partial charge in [-0.1, -0.05) is 18.2 Å². The van der Waals surface area contributed by atoms with Gasteiger partial charge in [-0.2, -0.15) is 0 Å². The average molecular weight is 249 g/mol. The Kier molecular flexibility index (Phi) is 4.52. The van der Waals surface area contributed by atoms with E-state index in [-0.39, 0.29) is 0 Å². The van der Waals surface area contributed by atoms with Gasteiger partial charge in [-0.05, 0) is 35.5 Å². The molecule has 0 spiro atoms. The van der Waals surface area contributed by atoms with E-state index in [4.69, 9.17) is 5.73 Å². The maximum atomic E-state index is 5.47. The van der Waals surface area contributed by atoms with Gasteiger partial charge in [0.2, 0.25) is 0 Å². The Balaban J connectivity index is 1.92. The van der Waals surface area contributed by atoms with Gasteiger partial charge >= 0.3 is 0 Å². The average Bonchev–Trinajstić information content (AvgIpc) is 2.82. The highest BCUT2D eigenvalue weighted by Crippen LogP contribution is 2.20. The summed E-state index contributed by atoms with van der Waals surface area (Å²) in [5, 5.41) is 11.7. The van der Waals surface area contributed by atoms with Crippen molar-refractivity contribution in [3.8, 4) is 0 Å². The predicted molar refractivity (Wildman–Crippen MR) is 67.5 cm³/mol. The van der Waals surface area contributed by atoms with Crippen molar-refractivity contribution in [2.75, 3.05) is 6.54 Å². The molecule has 0 saturated carbocycles. The molecule has 0 unspecified atom stereocenters. The molecule has 0 aliphatic carbocycles. The van der Waals surface area contributed by atoms with Crippen LogP contribution >= 0.6 is 11.8 Å². The van der Waals surface area contributed by atoms with Crippen molar-refractivity contribution in [1.29, 1.82) is 0 Å². The number of rotatable bonds is 6.